The summed E-state index contributed by atoms with van der Waals surface area (Å²) in [6, 6.07) is 0. The van der Waals surface area contributed by atoms with Crippen molar-refractivity contribution in [3.05, 3.63) is 10.7 Å². The van der Waals surface area contributed by atoms with Gasteiger partial charge in [0.15, 0.2) is 5.78 Å². The minimum Gasteiger partial charge on any atom is -0.496 e. The number of alkyl halides is 1. The molecule has 0 bridgehead atoms. The lowest BCUT2D eigenvalue weighted by molar-refractivity contribution is -0.126. The summed E-state index contributed by atoms with van der Waals surface area (Å²) in [5.74, 6) is 0.517. The molecule has 4 atom stereocenters. The average Bonchev–Trinajstić information content (AvgIpc) is 2.15. The summed E-state index contributed by atoms with van der Waals surface area (Å²) in [4.78, 5) is 11.8. The lowest BCUT2D eigenvalue weighted by Gasteiger charge is -2.38. The minimum absolute atomic E-state index is 0.0359. The summed E-state index contributed by atoms with van der Waals surface area (Å²) in [5, 5.41) is 0.0993. The molecule has 1 fully saturated rings. The Hall–Kier alpha value is -0.0200. The number of halogens is 2. The van der Waals surface area contributed by atoms with Crippen LogP contribution in [0.5, 0.6) is 0 Å². The molecule has 1 aliphatic carbocycles. The number of Topliss-reactive ketones (excluding diaryl/α,β-unsaturated/α-hetero) is 1. The van der Waals surface area contributed by atoms with E-state index in [9.17, 15) is 4.79 Å². The van der Waals surface area contributed by atoms with E-state index in [0.717, 1.165) is 12.8 Å². The third kappa shape index (κ3) is 1.72. The SMILES string of the molecule is CC1CC2OC=C(Br)C(=O)C2CC1Cl. The Balaban J connectivity index is 2.18. The van der Waals surface area contributed by atoms with Crippen LogP contribution in [-0.2, 0) is 9.53 Å². The van der Waals surface area contributed by atoms with Crippen molar-refractivity contribution in [1.82, 2.24) is 0 Å². The van der Waals surface area contributed by atoms with Gasteiger partial charge in [0, 0.05) is 5.38 Å². The first kappa shape index (κ1) is 10.5. The summed E-state index contributed by atoms with van der Waals surface area (Å²) in [5.41, 5.74) is 0. The highest BCUT2D eigenvalue weighted by Gasteiger charge is 2.41. The van der Waals surface area contributed by atoms with Crippen LogP contribution in [0, 0.1) is 11.8 Å². The van der Waals surface area contributed by atoms with Gasteiger partial charge < -0.3 is 4.74 Å². The van der Waals surface area contributed by atoms with Crippen molar-refractivity contribution in [1.29, 1.82) is 0 Å². The summed E-state index contributed by atoms with van der Waals surface area (Å²) in [6.45, 7) is 2.11. The van der Waals surface area contributed by atoms with E-state index in [2.05, 4.69) is 22.9 Å². The van der Waals surface area contributed by atoms with Crippen LogP contribution in [0.1, 0.15) is 19.8 Å². The fourth-order valence-corrected chi connectivity index (χ4v) is 2.81. The standard InChI is InChI=1S/C10H12BrClO2/c1-5-2-9-6(3-8(5)12)10(13)7(11)4-14-9/h4-6,8-9H,2-3H2,1H3. The number of rotatable bonds is 0. The van der Waals surface area contributed by atoms with E-state index in [1.807, 2.05) is 0 Å². The van der Waals surface area contributed by atoms with Crippen molar-refractivity contribution >= 4 is 33.3 Å². The number of fused-ring (bicyclic) bond motifs is 1. The van der Waals surface area contributed by atoms with Crippen LogP contribution in [0.3, 0.4) is 0 Å². The third-order valence-electron chi connectivity index (χ3n) is 3.07. The Bertz CT molecular complexity index is 290. The number of hydrogen-bond acceptors (Lipinski definition) is 2. The van der Waals surface area contributed by atoms with Gasteiger partial charge in [-0.15, -0.1) is 11.6 Å². The second kappa shape index (κ2) is 3.86. The zero-order valence-electron chi connectivity index (χ0n) is 7.87. The van der Waals surface area contributed by atoms with E-state index in [4.69, 9.17) is 16.3 Å². The number of ether oxygens (including phenoxy) is 1. The number of ketones is 1. The van der Waals surface area contributed by atoms with Gasteiger partial charge in [-0.25, -0.2) is 0 Å². The van der Waals surface area contributed by atoms with Gasteiger partial charge >= 0.3 is 0 Å². The van der Waals surface area contributed by atoms with E-state index < -0.39 is 0 Å². The molecule has 2 aliphatic rings. The molecular formula is C10H12BrClO2. The van der Waals surface area contributed by atoms with Crippen molar-refractivity contribution in [2.75, 3.05) is 0 Å². The van der Waals surface area contributed by atoms with E-state index >= 15 is 0 Å². The normalized spacial score (nSPS) is 42.5. The van der Waals surface area contributed by atoms with Gasteiger partial charge in [0.2, 0.25) is 0 Å². The molecule has 0 saturated heterocycles. The second-order valence-electron chi connectivity index (χ2n) is 4.08. The molecule has 4 unspecified atom stereocenters. The van der Waals surface area contributed by atoms with Crippen LogP contribution < -0.4 is 0 Å². The van der Waals surface area contributed by atoms with Gasteiger partial charge in [0.25, 0.3) is 0 Å². The van der Waals surface area contributed by atoms with Crippen LogP contribution in [0.25, 0.3) is 0 Å². The highest BCUT2D eigenvalue weighted by molar-refractivity contribution is 9.12. The van der Waals surface area contributed by atoms with Crippen molar-refractivity contribution < 1.29 is 9.53 Å². The van der Waals surface area contributed by atoms with Crippen molar-refractivity contribution in [2.24, 2.45) is 11.8 Å². The largest absolute Gasteiger partial charge is 0.496 e. The van der Waals surface area contributed by atoms with Crippen LogP contribution in [0.4, 0.5) is 0 Å². The molecule has 78 valence electrons. The first-order valence-electron chi connectivity index (χ1n) is 4.79. The van der Waals surface area contributed by atoms with Gasteiger partial charge in [-0.2, -0.15) is 0 Å². The van der Waals surface area contributed by atoms with E-state index in [1.165, 1.54) is 6.26 Å². The lowest BCUT2D eigenvalue weighted by atomic mass is 9.77. The van der Waals surface area contributed by atoms with Crippen LogP contribution in [0.15, 0.2) is 10.7 Å². The predicted octanol–water partition coefficient (Wildman–Crippen LogP) is 2.84. The Labute approximate surface area is 96.8 Å². The average molecular weight is 280 g/mol. The van der Waals surface area contributed by atoms with Crippen molar-refractivity contribution in [2.45, 2.75) is 31.2 Å². The predicted molar refractivity (Wildman–Crippen MR) is 58.4 cm³/mol. The molecule has 2 nitrogen and oxygen atoms in total. The molecule has 0 aromatic heterocycles. The Morgan fingerprint density at radius 1 is 1.57 bits per heavy atom. The van der Waals surface area contributed by atoms with E-state index in [-0.39, 0.29) is 23.2 Å². The molecule has 0 aromatic carbocycles. The smallest absolute Gasteiger partial charge is 0.179 e. The van der Waals surface area contributed by atoms with Gasteiger partial charge in [0.05, 0.1) is 10.4 Å². The van der Waals surface area contributed by atoms with Gasteiger partial charge in [-0.1, -0.05) is 6.92 Å². The van der Waals surface area contributed by atoms with Gasteiger partial charge in [-0.05, 0) is 34.7 Å². The summed E-state index contributed by atoms with van der Waals surface area (Å²) in [6.07, 6.45) is 3.16. The van der Waals surface area contributed by atoms with Crippen LogP contribution >= 0.6 is 27.5 Å². The molecule has 0 amide bonds. The topological polar surface area (TPSA) is 26.3 Å². The molecule has 0 spiro atoms. The third-order valence-corrected chi connectivity index (χ3v) is 4.25. The van der Waals surface area contributed by atoms with Crippen LogP contribution in [-0.4, -0.2) is 17.3 Å². The quantitative estimate of drug-likeness (QED) is 0.637. The zero-order chi connectivity index (χ0) is 10.3. The molecule has 14 heavy (non-hydrogen) atoms. The number of hydrogen-bond donors (Lipinski definition) is 0. The van der Waals surface area contributed by atoms with E-state index in [0.29, 0.717) is 10.4 Å². The molecule has 2 rings (SSSR count). The fraction of sp³-hybridized carbons (Fsp3) is 0.700. The van der Waals surface area contributed by atoms with Crippen molar-refractivity contribution in [3.63, 3.8) is 0 Å². The van der Waals surface area contributed by atoms with E-state index in [1.54, 1.807) is 0 Å². The monoisotopic (exact) mass is 278 g/mol. The molecule has 1 heterocycles. The maximum absolute atomic E-state index is 11.8. The maximum atomic E-state index is 11.8. The molecule has 0 N–H and O–H groups in total. The molecule has 0 aromatic rings. The Kier molecular flexibility index (Phi) is 2.89. The number of allylic oxidation sites excluding steroid dienone is 1. The number of carbonyl (C=O) groups excluding carboxylic acids is 1. The number of carbonyl (C=O) groups is 1. The van der Waals surface area contributed by atoms with Gasteiger partial charge in [-0.3, -0.25) is 4.79 Å². The first-order chi connectivity index (χ1) is 6.59. The summed E-state index contributed by atoms with van der Waals surface area (Å²) in [7, 11) is 0. The molecule has 4 heteroatoms. The lowest BCUT2D eigenvalue weighted by Crippen LogP contribution is -2.42. The molecule has 1 saturated carbocycles. The highest BCUT2D eigenvalue weighted by atomic mass is 79.9. The molecular weight excluding hydrogens is 267 g/mol. The van der Waals surface area contributed by atoms with Gasteiger partial charge in [0.1, 0.15) is 12.4 Å². The summed E-state index contributed by atoms with van der Waals surface area (Å²) >= 11 is 9.35. The first-order valence-corrected chi connectivity index (χ1v) is 6.02. The summed E-state index contributed by atoms with van der Waals surface area (Å²) < 4.78 is 6.03. The molecule has 1 aliphatic heterocycles. The van der Waals surface area contributed by atoms with Crippen molar-refractivity contribution in [3.8, 4) is 0 Å². The minimum atomic E-state index is -0.0481. The Morgan fingerprint density at radius 3 is 3.00 bits per heavy atom. The Morgan fingerprint density at radius 2 is 2.29 bits per heavy atom. The van der Waals surface area contributed by atoms with Crippen LogP contribution in [0.2, 0.25) is 0 Å². The maximum Gasteiger partial charge on any atom is 0.179 e. The second-order valence-corrected chi connectivity index (χ2v) is 5.49. The fourth-order valence-electron chi connectivity index (χ4n) is 2.11. The highest BCUT2D eigenvalue weighted by Crippen LogP contribution is 2.39. The zero-order valence-corrected chi connectivity index (χ0v) is 10.2. The molecule has 0 radical (unpaired) electrons.